The first-order valence-corrected chi connectivity index (χ1v) is 7.84. The molecule has 2 aromatic rings. The van der Waals surface area contributed by atoms with Gasteiger partial charge < -0.3 is 9.30 Å². The number of fused-ring (bicyclic) bond motifs is 1. The fraction of sp³-hybridized carbons (Fsp3) is 0.375. The molecule has 1 aliphatic rings. The Morgan fingerprint density at radius 3 is 2.76 bits per heavy atom. The molecule has 1 heterocycles. The van der Waals surface area contributed by atoms with Crippen molar-refractivity contribution in [1.82, 2.24) is 4.57 Å². The summed E-state index contributed by atoms with van der Waals surface area (Å²) in [6.07, 6.45) is 3.81. The van der Waals surface area contributed by atoms with Crippen molar-refractivity contribution in [2.45, 2.75) is 32.7 Å². The normalized spacial score (nSPS) is 14.4. The molecule has 1 aromatic heterocycles. The van der Waals surface area contributed by atoms with Gasteiger partial charge in [0.05, 0.1) is 12.1 Å². The zero-order valence-electron chi connectivity index (χ0n) is 12.0. The molecule has 21 heavy (non-hydrogen) atoms. The summed E-state index contributed by atoms with van der Waals surface area (Å²) in [4.78, 5) is 24.6. The van der Waals surface area contributed by atoms with Crippen LogP contribution in [0.2, 0.25) is 0 Å². The van der Waals surface area contributed by atoms with Gasteiger partial charge in [-0.1, -0.05) is 15.9 Å². The molecule has 4 nitrogen and oxygen atoms in total. The SMILES string of the molecule is CCOC(=O)c1cn(C2CC2)c2cc(Br)c(C)cc2c1=O. The maximum absolute atomic E-state index is 12.6. The summed E-state index contributed by atoms with van der Waals surface area (Å²) in [5.41, 5.74) is 1.71. The minimum Gasteiger partial charge on any atom is -0.462 e. The second-order valence-corrected chi connectivity index (χ2v) is 6.20. The standard InChI is InChI=1S/C16H16BrNO3/c1-3-21-16(20)12-8-18(10-4-5-10)14-7-13(17)9(2)6-11(14)15(12)19/h6-8,10H,3-5H2,1-2H3. The van der Waals surface area contributed by atoms with Crippen LogP contribution >= 0.6 is 15.9 Å². The summed E-state index contributed by atoms with van der Waals surface area (Å²) in [5, 5.41) is 0.577. The summed E-state index contributed by atoms with van der Waals surface area (Å²) in [5.74, 6) is -0.542. The average Bonchev–Trinajstić information content (AvgIpc) is 3.26. The second kappa shape index (κ2) is 5.30. The van der Waals surface area contributed by atoms with E-state index in [9.17, 15) is 9.59 Å². The molecule has 0 aliphatic heterocycles. The van der Waals surface area contributed by atoms with Gasteiger partial charge in [-0.25, -0.2) is 4.79 Å². The average molecular weight is 350 g/mol. The zero-order valence-corrected chi connectivity index (χ0v) is 13.6. The molecule has 0 saturated heterocycles. The van der Waals surface area contributed by atoms with E-state index in [1.54, 1.807) is 13.1 Å². The maximum Gasteiger partial charge on any atom is 0.343 e. The van der Waals surface area contributed by atoms with Crippen LogP contribution in [-0.4, -0.2) is 17.1 Å². The Kier molecular flexibility index (Phi) is 3.61. The number of pyridine rings is 1. The van der Waals surface area contributed by atoms with Crippen LogP contribution in [0, 0.1) is 6.92 Å². The quantitative estimate of drug-likeness (QED) is 0.795. The highest BCUT2D eigenvalue weighted by molar-refractivity contribution is 9.10. The molecule has 1 aliphatic carbocycles. The zero-order chi connectivity index (χ0) is 15.1. The topological polar surface area (TPSA) is 48.3 Å². The largest absolute Gasteiger partial charge is 0.462 e. The van der Waals surface area contributed by atoms with E-state index in [-0.39, 0.29) is 17.6 Å². The van der Waals surface area contributed by atoms with Crippen molar-refractivity contribution in [2.75, 3.05) is 6.61 Å². The van der Waals surface area contributed by atoms with E-state index in [1.165, 1.54) is 0 Å². The van der Waals surface area contributed by atoms with Crippen LogP contribution in [-0.2, 0) is 4.74 Å². The molecule has 1 fully saturated rings. The molecular weight excluding hydrogens is 334 g/mol. The molecule has 1 saturated carbocycles. The minimum absolute atomic E-state index is 0.123. The smallest absolute Gasteiger partial charge is 0.343 e. The van der Waals surface area contributed by atoms with E-state index in [4.69, 9.17) is 4.74 Å². The molecular formula is C16H16BrNO3. The minimum atomic E-state index is -0.542. The molecule has 0 atom stereocenters. The molecule has 0 radical (unpaired) electrons. The summed E-state index contributed by atoms with van der Waals surface area (Å²) in [6, 6.07) is 4.17. The molecule has 0 unspecified atom stereocenters. The van der Waals surface area contributed by atoms with Gasteiger partial charge in [0.25, 0.3) is 0 Å². The number of hydrogen-bond donors (Lipinski definition) is 0. The van der Waals surface area contributed by atoms with Crippen LogP contribution in [0.3, 0.4) is 0 Å². The van der Waals surface area contributed by atoms with Gasteiger partial charge in [0, 0.05) is 22.1 Å². The summed E-state index contributed by atoms with van der Waals surface area (Å²) >= 11 is 3.51. The van der Waals surface area contributed by atoms with Crippen LogP contribution in [0.4, 0.5) is 0 Å². The summed E-state index contributed by atoms with van der Waals surface area (Å²) in [7, 11) is 0. The Bertz CT molecular complexity index is 790. The van der Waals surface area contributed by atoms with Gasteiger partial charge in [-0.15, -0.1) is 0 Å². The van der Waals surface area contributed by atoms with Gasteiger partial charge in [-0.05, 0) is 44.4 Å². The first kappa shape index (κ1) is 14.3. The number of aromatic nitrogens is 1. The molecule has 0 bridgehead atoms. The number of rotatable bonds is 3. The molecule has 0 spiro atoms. The molecule has 1 aromatic carbocycles. The van der Waals surface area contributed by atoms with Gasteiger partial charge in [-0.3, -0.25) is 4.79 Å². The lowest BCUT2D eigenvalue weighted by atomic mass is 10.1. The Labute approximate surface area is 130 Å². The van der Waals surface area contributed by atoms with Crippen molar-refractivity contribution in [2.24, 2.45) is 0 Å². The third kappa shape index (κ3) is 2.50. The predicted octanol–water partition coefficient (Wildman–Crippen LogP) is 3.58. The van der Waals surface area contributed by atoms with Crippen molar-refractivity contribution in [3.63, 3.8) is 0 Å². The fourth-order valence-corrected chi connectivity index (χ4v) is 2.82. The number of carbonyl (C=O) groups excluding carboxylic acids is 1. The second-order valence-electron chi connectivity index (χ2n) is 5.35. The third-order valence-corrected chi connectivity index (χ3v) is 4.60. The van der Waals surface area contributed by atoms with E-state index in [0.717, 1.165) is 28.4 Å². The number of carbonyl (C=O) groups is 1. The lowest BCUT2D eigenvalue weighted by Gasteiger charge is -2.13. The van der Waals surface area contributed by atoms with Crippen molar-refractivity contribution in [1.29, 1.82) is 0 Å². The third-order valence-electron chi connectivity index (χ3n) is 3.75. The van der Waals surface area contributed by atoms with Crippen molar-refractivity contribution < 1.29 is 9.53 Å². The Hall–Kier alpha value is -1.62. The Morgan fingerprint density at radius 2 is 2.14 bits per heavy atom. The highest BCUT2D eigenvalue weighted by Gasteiger charge is 2.27. The van der Waals surface area contributed by atoms with Crippen LogP contribution in [0.5, 0.6) is 0 Å². The van der Waals surface area contributed by atoms with E-state index in [1.807, 2.05) is 23.6 Å². The van der Waals surface area contributed by atoms with E-state index < -0.39 is 5.97 Å². The molecule has 3 rings (SSSR count). The van der Waals surface area contributed by atoms with Crippen LogP contribution in [0.15, 0.2) is 27.6 Å². The van der Waals surface area contributed by atoms with E-state index in [0.29, 0.717) is 11.4 Å². The number of hydrogen-bond acceptors (Lipinski definition) is 3. The summed E-state index contributed by atoms with van der Waals surface area (Å²) in [6.45, 7) is 3.93. The first-order chi connectivity index (χ1) is 10.0. The Morgan fingerprint density at radius 1 is 1.43 bits per heavy atom. The molecule has 0 N–H and O–H groups in total. The van der Waals surface area contributed by atoms with Gasteiger partial charge in [0.1, 0.15) is 5.56 Å². The van der Waals surface area contributed by atoms with Gasteiger partial charge >= 0.3 is 5.97 Å². The number of esters is 1. The van der Waals surface area contributed by atoms with Gasteiger partial charge in [0.15, 0.2) is 0 Å². The van der Waals surface area contributed by atoms with Crippen molar-refractivity contribution in [3.8, 4) is 0 Å². The van der Waals surface area contributed by atoms with Gasteiger partial charge in [-0.2, -0.15) is 0 Å². The summed E-state index contributed by atoms with van der Waals surface area (Å²) < 4.78 is 8.01. The number of ether oxygens (including phenoxy) is 1. The number of nitrogens with zero attached hydrogens (tertiary/aromatic N) is 1. The van der Waals surface area contributed by atoms with E-state index in [2.05, 4.69) is 15.9 Å². The number of benzene rings is 1. The van der Waals surface area contributed by atoms with Crippen LogP contribution < -0.4 is 5.43 Å². The Balaban J connectivity index is 2.31. The molecule has 0 amide bonds. The van der Waals surface area contributed by atoms with Crippen LogP contribution in [0.25, 0.3) is 10.9 Å². The highest BCUT2D eigenvalue weighted by Crippen LogP contribution is 2.37. The monoisotopic (exact) mass is 349 g/mol. The lowest BCUT2D eigenvalue weighted by Crippen LogP contribution is -2.21. The number of halogens is 1. The first-order valence-electron chi connectivity index (χ1n) is 7.05. The predicted molar refractivity (Wildman–Crippen MR) is 84.9 cm³/mol. The van der Waals surface area contributed by atoms with Crippen molar-refractivity contribution >= 4 is 32.8 Å². The fourth-order valence-electron chi connectivity index (χ4n) is 2.49. The number of aryl methyl sites for hydroxylation is 1. The van der Waals surface area contributed by atoms with Crippen LogP contribution in [0.1, 0.15) is 41.7 Å². The lowest BCUT2D eigenvalue weighted by molar-refractivity contribution is 0.0524. The highest BCUT2D eigenvalue weighted by atomic mass is 79.9. The molecule has 110 valence electrons. The molecule has 5 heteroatoms. The van der Waals surface area contributed by atoms with E-state index >= 15 is 0 Å². The van der Waals surface area contributed by atoms with Crippen molar-refractivity contribution in [3.05, 3.63) is 44.2 Å². The van der Waals surface area contributed by atoms with Gasteiger partial charge in [0.2, 0.25) is 5.43 Å². The maximum atomic E-state index is 12.6.